The van der Waals surface area contributed by atoms with Crippen molar-refractivity contribution in [1.82, 2.24) is 9.88 Å². The number of aryl methyl sites for hydroxylation is 1. The van der Waals surface area contributed by atoms with E-state index < -0.39 is 10.0 Å². The topological polar surface area (TPSA) is 94.2 Å². The van der Waals surface area contributed by atoms with Gasteiger partial charge in [-0.05, 0) is 18.9 Å². The highest BCUT2D eigenvalue weighted by atomic mass is 32.2. The monoisotopic (exact) mass is 301 g/mol. The second-order valence-electron chi connectivity index (χ2n) is 4.78. The summed E-state index contributed by atoms with van der Waals surface area (Å²) in [5.41, 5.74) is 0.322. The summed E-state index contributed by atoms with van der Waals surface area (Å²) in [5.74, 6) is 0.162. The number of hydrogen-bond acceptors (Lipinski definition) is 3. The molecule has 0 aliphatic heterocycles. The van der Waals surface area contributed by atoms with Crippen LogP contribution in [0.5, 0.6) is 0 Å². The van der Waals surface area contributed by atoms with Gasteiger partial charge in [-0.25, -0.2) is 13.6 Å². The number of hydrogen-bond donors (Lipinski definition) is 2. The van der Waals surface area contributed by atoms with Crippen molar-refractivity contribution in [3.63, 3.8) is 0 Å². The molecular formula is C13H23N3O3S. The van der Waals surface area contributed by atoms with Crippen LogP contribution in [0.2, 0.25) is 0 Å². The molecule has 0 saturated heterocycles. The Morgan fingerprint density at radius 3 is 2.40 bits per heavy atom. The maximum absolute atomic E-state index is 12.1. The highest BCUT2D eigenvalue weighted by Crippen LogP contribution is 2.13. The summed E-state index contributed by atoms with van der Waals surface area (Å²) in [6, 6.07) is 1.32. The molecule has 0 unspecified atom stereocenters. The van der Waals surface area contributed by atoms with Crippen LogP contribution in [0.1, 0.15) is 44.1 Å². The zero-order chi connectivity index (χ0) is 15.3. The van der Waals surface area contributed by atoms with Crippen LogP contribution in [-0.2, 0) is 16.6 Å². The quantitative estimate of drug-likeness (QED) is 0.795. The zero-order valence-electron chi connectivity index (χ0n) is 12.2. The number of nitrogens with one attached hydrogen (secondary N) is 1. The van der Waals surface area contributed by atoms with E-state index in [1.54, 1.807) is 4.57 Å². The Balaban J connectivity index is 2.90. The van der Waals surface area contributed by atoms with Gasteiger partial charge in [0.25, 0.3) is 5.91 Å². The van der Waals surface area contributed by atoms with E-state index in [0.717, 1.165) is 12.8 Å². The third-order valence-corrected chi connectivity index (χ3v) is 4.36. The Bertz CT molecular complexity index is 559. The normalized spacial score (nSPS) is 11.8. The first-order chi connectivity index (χ1) is 9.33. The number of rotatable bonds is 7. The molecule has 0 aromatic carbocycles. The van der Waals surface area contributed by atoms with Crippen molar-refractivity contribution in [3.8, 4) is 0 Å². The van der Waals surface area contributed by atoms with Gasteiger partial charge < -0.3 is 9.88 Å². The Morgan fingerprint density at radius 2 is 1.95 bits per heavy atom. The van der Waals surface area contributed by atoms with Crippen molar-refractivity contribution in [2.75, 3.05) is 6.54 Å². The number of carbonyl (C=O) groups is 1. The van der Waals surface area contributed by atoms with Gasteiger partial charge in [-0.3, -0.25) is 4.79 Å². The third kappa shape index (κ3) is 4.08. The zero-order valence-corrected chi connectivity index (χ0v) is 13.0. The summed E-state index contributed by atoms with van der Waals surface area (Å²) >= 11 is 0. The van der Waals surface area contributed by atoms with Crippen molar-refractivity contribution in [3.05, 3.63) is 18.0 Å². The minimum absolute atomic E-state index is 0.0352. The minimum atomic E-state index is -3.79. The number of amides is 1. The predicted octanol–water partition coefficient (Wildman–Crippen LogP) is 1.32. The largest absolute Gasteiger partial charge is 0.350 e. The van der Waals surface area contributed by atoms with Gasteiger partial charge in [0.2, 0.25) is 10.0 Å². The fourth-order valence-corrected chi connectivity index (χ4v) is 2.55. The van der Waals surface area contributed by atoms with Crippen molar-refractivity contribution in [1.29, 1.82) is 0 Å². The van der Waals surface area contributed by atoms with E-state index in [4.69, 9.17) is 5.14 Å². The first kappa shape index (κ1) is 16.7. The maximum Gasteiger partial charge on any atom is 0.267 e. The summed E-state index contributed by atoms with van der Waals surface area (Å²) in [5, 5.41) is 7.93. The molecule has 0 saturated carbocycles. The lowest BCUT2D eigenvalue weighted by Crippen LogP contribution is -2.30. The molecule has 0 fully saturated rings. The maximum atomic E-state index is 12.1. The molecule has 1 amide bonds. The highest BCUT2D eigenvalue weighted by Gasteiger charge is 2.18. The fraction of sp³-hybridized carbons (Fsp3) is 0.615. The SMILES string of the molecule is CCC(CC)CNC(=O)c1cc(S(N)(=O)=O)cn1CC. The number of sulfonamides is 1. The Hall–Kier alpha value is -1.34. The Labute approximate surface area is 120 Å². The first-order valence-corrected chi connectivity index (χ1v) is 8.39. The molecular weight excluding hydrogens is 278 g/mol. The molecule has 1 rings (SSSR count). The van der Waals surface area contributed by atoms with Gasteiger partial charge in [0.05, 0.1) is 0 Å². The Morgan fingerprint density at radius 1 is 1.35 bits per heavy atom. The molecule has 1 aromatic heterocycles. The van der Waals surface area contributed by atoms with Gasteiger partial charge >= 0.3 is 0 Å². The van der Waals surface area contributed by atoms with Crippen molar-refractivity contribution in [2.45, 2.75) is 45.1 Å². The lowest BCUT2D eigenvalue weighted by molar-refractivity contribution is 0.0937. The van der Waals surface area contributed by atoms with Gasteiger partial charge in [-0.1, -0.05) is 26.7 Å². The minimum Gasteiger partial charge on any atom is -0.350 e. The van der Waals surface area contributed by atoms with E-state index in [1.807, 2.05) is 6.92 Å². The predicted molar refractivity (Wildman–Crippen MR) is 77.9 cm³/mol. The van der Waals surface area contributed by atoms with E-state index in [2.05, 4.69) is 19.2 Å². The molecule has 7 heteroatoms. The molecule has 0 aliphatic carbocycles. The first-order valence-electron chi connectivity index (χ1n) is 6.84. The third-order valence-electron chi connectivity index (χ3n) is 3.48. The summed E-state index contributed by atoms with van der Waals surface area (Å²) in [7, 11) is -3.79. The average molecular weight is 301 g/mol. The van der Waals surface area contributed by atoms with Crippen molar-refractivity contribution >= 4 is 15.9 Å². The fourth-order valence-electron chi connectivity index (χ4n) is 2.00. The lowest BCUT2D eigenvalue weighted by atomic mass is 10.0. The van der Waals surface area contributed by atoms with Crippen molar-refractivity contribution < 1.29 is 13.2 Å². The van der Waals surface area contributed by atoms with Crippen LogP contribution in [0.3, 0.4) is 0 Å². The van der Waals surface area contributed by atoms with Crippen LogP contribution < -0.4 is 10.5 Å². The highest BCUT2D eigenvalue weighted by molar-refractivity contribution is 7.89. The molecule has 0 aliphatic rings. The number of nitrogens with zero attached hydrogens (tertiary/aromatic N) is 1. The Kier molecular flexibility index (Phi) is 5.76. The van der Waals surface area contributed by atoms with E-state index in [1.165, 1.54) is 12.3 Å². The molecule has 1 aromatic rings. The van der Waals surface area contributed by atoms with E-state index >= 15 is 0 Å². The van der Waals surface area contributed by atoms with Crippen LogP contribution in [0.15, 0.2) is 17.2 Å². The number of nitrogens with two attached hydrogens (primary N) is 1. The summed E-state index contributed by atoms with van der Waals surface area (Å²) < 4.78 is 24.2. The van der Waals surface area contributed by atoms with Crippen LogP contribution in [-0.4, -0.2) is 25.4 Å². The molecule has 20 heavy (non-hydrogen) atoms. The van der Waals surface area contributed by atoms with Crippen LogP contribution in [0, 0.1) is 5.92 Å². The number of primary sulfonamides is 1. The van der Waals surface area contributed by atoms with Crippen molar-refractivity contribution in [2.24, 2.45) is 11.1 Å². The second-order valence-corrected chi connectivity index (χ2v) is 6.35. The van der Waals surface area contributed by atoms with Crippen LogP contribution >= 0.6 is 0 Å². The van der Waals surface area contributed by atoms with Gasteiger partial charge in [-0.2, -0.15) is 0 Å². The number of carbonyl (C=O) groups excluding carboxylic acids is 1. The molecule has 0 spiro atoms. The molecule has 1 heterocycles. The molecule has 3 N–H and O–H groups in total. The molecule has 0 radical (unpaired) electrons. The second kappa shape index (κ2) is 6.90. The molecule has 0 bridgehead atoms. The lowest BCUT2D eigenvalue weighted by Gasteiger charge is -2.13. The van der Waals surface area contributed by atoms with Crippen LogP contribution in [0.25, 0.3) is 0 Å². The molecule has 0 atom stereocenters. The van der Waals surface area contributed by atoms with Gasteiger partial charge in [-0.15, -0.1) is 0 Å². The number of aromatic nitrogens is 1. The summed E-state index contributed by atoms with van der Waals surface area (Å²) in [6.45, 7) is 7.08. The van der Waals surface area contributed by atoms with E-state index in [-0.39, 0.29) is 10.8 Å². The van der Waals surface area contributed by atoms with E-state index in [0.29, 0.717) is 24.7 Å². The average Bonchev–Trinajstić information content (AvgIpc) is 2.83. The molecule has 114 valence electrons. The summed E-state index contributed by atoms with van der Waals surface area (Å²) in [4.78, 5) is 12.1. The summed E-state index contributed by atoms with van der Waals surface area (Å²) in [6.07, 6.45) is 3.38. The van der Waals surface area contributed by atoms with Gasteiger partial charge in [0.15, 0.2) is 0 Å². The van der Waals surface area contributed by atoms with Gasteiger partial charge in [0, 0.05) is 19.3 Å². The van der Waals surface area contributed by atoms with E-state index in [9.17, 15) is 13.2 Å². The molecule has 6 nitrogen and oxygen atoms in total. The van der Waals surface area contributed by atoms with Crippen LogP contribution in [0.4, 0.5) is 0 Å². The van der Waals surface area contributed by atoms with Gasteiger partial charge in [0.1, 0.15) is 10.6 Å². The standard InChI is InChI=1S/C13H23N3O3S/c1-4-10(5-2)8-15-13(17)12-7-11(20(14,18)19)9-16(12)6-3/h7,9-10H,4-6,8H2,1-3H3,(H,15,17)(H2,14,18,19). The smallest absolute Gasteiger partial charge is 0.267 e.